The van der Waals surface area contributed by atoms with Crippen LogP contribution in [-0.4, -0.2) is 74.5 Å². The maximum atomic E-state index is 13.2. The summed E-state index contributed by atoms with van der Waals surface area (Å²) in [4.78, 5) is 7.02. The van der Waals surface area contributed by atoms with E-state index in [0.717, 1.165) is 87.4 Å². The molecule has 1 aromatic carbocycles. The van der Waals surface area contributed by atoms with Crippen molar-refractivity contribution < 1.29 is 8.95 Å². The van der Waals surface area contributed by atoms with Gasteiger partial charge in [-0.25, -0.2) is 13.6 Å². The quantitative estimate of drug-likeness (QED) is 0.517. The Labute approximate surface area is 208 Å². The van der Waals surface area contributed by atoms with E-state index >= 15 is 0 Å². The van der Waals surface area contributed by atoms with Crippen LogP contribution in [0.5, 0.6) is 0 Å². The van der Waals surface area contributed by atoms with E-state index in [9.17, 15) is 4.21 Å². The number of nitrogens with zero attached hydrogens (tertiary/aromatic N) is 4. The third kappa shape index (κ3) is 4.62. The van der Waals surface area contributed by atoms with Crippen LogP contribution >= 0.6 is 0 Å². The molecule has 1 atom stereocenters. The standard InChI is InChI=1S/C25H33N7O2S/c1-31-12-3-15-34-22-16-18(8-11-26-22)21-7-6-17-4-2-5-20(17)23(21)27-24-28-25(30-29-24)35(33)32-13-9-19(31)10-14-32/h6-8,16,19,26H,2-5,9-15H2,1H3,(H2,27,28,29,30). The number of piperidine rings is 1. The molecule has 1 saturated heterocycles. The first kappa shape index (κ1) is 22.8. The van der Waals surface area contributed by atoms with Crippen LogP contribution in [0.4, 0.5) is 11.6 Å². The maximum Gasteiger partial charge on any atom is 0.247 e. The van der Waals surface area contributed by atoms with E-state index in [4.69, 9.17) is 4.74 Å². The van der Waals surface area contributed by atoms with E-state index in [1.54, 1.807) is 0 Å². The topological polar surface area (TPSA) is 98.4 Å². The Bertz CT molecular complexity index is 1180. The van der Waals surface area contributed by atoms with Gasteiger partial charge in [-0.3, -0.25) is 0 Å². The van der Waals surface area contributed by atoms with Gasteiger partial charge < -0.3 is 20.3 Å². The van der Waals surface area contributed by atoms with Crippen LogP contribution in [-0.2, 0) is 28.6 Å². The summed E-state index contributed by atoms with van der Waals surface area (Å²) in [5.41, 5.74) is 5.97. The minimum absolute atomic E-state index is 0.406. The molecule has 2 aromatic rings. The van der Waals surface area contributed by atoms with E-state index in [-0.39, 0.29) is 0 Å². The number of anilines is 2. The van der Waals surface area contributed by atoms with Crippen molar-refractivity contribution in [1.29, 1.82) is 0 Å². The van der Waals surface area contributed by atoms with Gasteiger partial charge in [-0.05, 0) is 62.3 Å². The highest BCUT2D eigenvalue weighted by Crippen LogP contribution is 2.37. The van der Waals surface area contributed by atoms with Gasteiger partial charge in [0.05, 0.1) is 12.3 Å². The summed E-state index contributed by atoms with van der Waals surface area (Å²) < 4.78 is 21.4. The molecule has 1 unspecified atom stereocenters. The van der Waals surface area contributed by atoms with Crippen LogP contribution in [0.3, 0.4) is 0 Å². The molecule has 9 nitrogen and oxygen atoms in total. The molecule has 35 heavy (non-hydrogen) atoms. The summed E-state index contributed by atoms with van der Waals surface area (Å²) in [5.74, 6) is 1.27. The highest BCUT2D eigenvalue weighted by atomic mass is 32.2. The van der Waals surface area contributed by atoms with Crippen molar-refractivity contribution in [2.75, 3.05) is 45.2 Å². The number of H-pyrrole nitrogens is 1. The lowest BCUT2D eigenvalue weighted by Gasteiger charge is -2.35. The number of hydrogen-bond donors (Lipinski definition) is 3. The van der Waals surface area contributed by atoms with Crippen molar-refractivity contribution in [3.63, 3.8) is 0 Å². The highest BCUT2D eigenvalue weighted by Gasteiger charge is 2.28. The molecule has 0 spiro atoms. The number of fused-ring (bicyclic) bond motifs is 7. The van der Waals surface area contributed by atoms with E-state index in [1.807, 2.05) is 4.31 Å². The monoisotopic (exact) mass is 495 g/mol. The summed E-state index contributed by atoms with van der Waals surface area (Å²) >= 11 is 0. The van der Waals surface area contributed by atoms with Crippen molar-refractivity contribution in [2.24, 2.45) is 0 Å². The first-order valence-electron chi connectivity index (χ1n) is 12.7. The molecule has 0 radical (unpaired) electrons. The number of aryl methyl sites for hydroxylation is 1. The number of allylic oxidation sites excluding steroid dienone is 2. The van der Waals surface area contributed by atoms with Gasteiger partial charge in [0.1, 0.15) is 0 Å². The van der Waals surface area contributed by atoms with Crippen LogP contribution in [0.1, 0.15) is 42.4 Å². The molecule has 6 bridgehead atoms. The first-order valence-corrected chi connectivity index (χ1v) is 13.8. The Morgan fingerprint density at radius 3 is 2.91 bits per heavy atom. The Hall–Kier alpha value is -2.69. The average Bonchev–Trinajstić information content (AvgIpc) is 3.56. The molecule has 186 valence electrons. The Kier molecular flexibility index (Phi) is 6.34. The van der Waals surface area contributed by atoms with Gasteiger partial charge >= 0.3 is 0 Å². The van der Waals surface area contributed by atoms with Crippen LogP contribution in [0.25, 0.3) is 5.57 Å². The van der Waals surface area contributed by atoms with Gasteiger partial charge in [0, 0.05) is 43.9 Å². The summed E-state index contributed by atoms with van der Waals surface area (Å²) in [6, 6.07) is 4.93. The number of rotatable bonds is 0. The molecular formula is C25H33N7O2S. The predicted molar refractivity (Wildman–Crippen MR) is 136 cm³/mol. The van der Waals surface area contributed by atoms with Gasteiger partial charge in [0.25, 0.3) is 0 Å². The van der Waals surface area contributed by atoms with E-state index < -0.39 is 11.0 Å². The van der Waals surface area contributed by atoms with Crippen LogP contribution in [0.2, 0.25) is 0 Å². The van der Waals surface area contributed by atoms with E-state index in [0.29, 0.717) is 23.8 Å². The van der Waals surface area contributed by atoms with Crippen molar-refractivity contribution >= 4 is 28.2 Å². The number of dihydropyridines is 1. The summed E-state index contributed by atoms with van der Waals surface area (Å²) in [6.45, 7) is 3.94. The van der Waals surface area contributed by atoms with Crippen molar-refractivity contribution in [1.82, 2.24) is 29.7 Å². The second kappa shape index (κ2) is 9.75. The number of hydrogen-bond acceptors (Lipinski definition) is 7. The summed E-state index contributed by atoms with van der Waals surface area (Å²) in [5, 5.41) is 14.6. The fourth-order valence-electron chi connectivity index (χ4n) is 5.59. The second-order valence-corrected chi connectivity index (χ2v) is 11.1. The lowest BCUT2D eigenvalue weighted by molar-refractivity contribution is 0.140. The molecule has 4 aliphatic heterocycles. The molecule has 5 aliphatic rings. The zero-order valence-corrected chi connectivity index (χ0v) is 21.0. The van der Waals surface area contributed by atoms with Gasteiger partial charge in [-0.2, -0.15) is 4.98 Å². The normalized spacial score (nSPS) is 27.1. The molecule has 1 aliphatic carbocycles. The smallest absolute Gasteiger partial charge is 0.247 e. The van der Waals surface area contributed by atoms with Crippen molar-refractivity contribution in [2.45, 2.75) is 49.7 Å². The number of aromatic nitrogens is 3. The molecule has 3 N–H and O–H groups in total. The largest absolute Gasteiger partial charge is 0.479 e. The Morgan fingerprint density at radius 2 is 2.03 bits per heavy atom. The van der Waals surface area contributed by atoms with Gasteiger partial charge in [-0.1, -0.05) is 18.2 Å². The zero-order valence-electron chi connectivity index (χ0n) is 20.2. The predicted octanol–water partition coefficient (Wildman–Crippen LogP) is 2.70. The van der Waals surface area contributed by atoms with Crippen LogP contribution < -0.4 is 10.6 Å². The minimum Gasteiger partial charge on any atom is -0.479 e. The third-order valence-electron chi connectivity index (χ3n) is 7.54. The molecule has 10 heteroatoms. The van der Waals surface area contributed by atoms with Gasteiger partial charge in [-0.15, -0.1) is 5.10 Å². The Balaban J connectivity index is 1.36. The zero-order chi connectivity index (χ0) is 23.8. The molecule has 1 aromatic heterocycles. The third-order valence-corrected chi connectivity index (χ3v) is 8.89. The first-order chi connectivity index (χ1) is 17.2. The molecule has 5 heterocycles. The summed E-state index contributed by atoms with van der Waals surface area (Å²) in [7, 11) is 0.837. The molecular weight excluding hydrogens is 462 g/mol. The molecule has 1 fully saturated rings. The lowest BCUT2D eigenvalue weighted by Crippen LogP contribution is -2.44. The van der Waals surface area contributed by atoms with Crippen molar-refractivity contribution in [3.05, 3.63) is 46.9 Å². The van der Waals surface area contributed by atoms with E-state index in [1.165, 1.54) is 11.1 Å². The van der Waals surface area contributed by atoms with Gasteiger partial charge in [0.15, 0.2) is 16.9 Å². The fourth-order valence-corrected chi connectivity index (χ4v) is 6.66. The summed E-state index contributed by atoms with van der Waals surface area (Å²) in [6.07, 6.45) is 10.5. The second-order valence-electron chi connectivity index (χ2n) is 9.71. The van der Waals surface area contributed by atoms with Crippen LogP contribution in [0.15, 0.2) is 35.3 Å². The van der Waals surface area contributed by atoms with Crippen molar-refractivity contribution in [3.8, 4) is 0 Å². The number of aromatic amines is 1. The fraction of sp³-hybridized carbons (Fsp3) is 0.520. The molecule has 7 rings (SSSR count). The number of nitrogens with one attached hydrogen (secondary N) is 3. The highest BCUT2D eigenvalue weighted by molar-refractivity contribution is 7.82. The van der Waals surface area contributed by atoms with Crippen LogP contribution in [0, 0.1) is 0 Å². The lowest BCUT2D eigenvalue weighted by atomic mass is 9.96. The average molecular weight is 496 g/mol. The maximum absolute atomic E-state index is 13.2. The van der Waals surface area contributed by atoms with Gasteiger partial charge in [0.2, 0.25) is 11.1 Å². The molecule has 0 saturated carbocycles. The Morgan fingerprint density at radius 1 is 1.14 bits per heavy atom. The van der Waals surface area contributed by atoms with E-state index in [2.05, 4.69) is 62.0 Å². The molecule has 0 amide bonds. The minimum atomic E-state index is -1.35. The SMILES string of the molecule is CN1CCCOC2=CC(=CCN2)c2ccc3c(c2Nc2n[nH]c(n2)S(=O)N2CCC1CC2)CCC3. The number of ether oxygens (including phenoxy) is 1. The number of benzene rings is 1.